The quantitative estimate of drug-likeness (QED) is 0.746. The second kappa shape index (κ2) is 7.31. The highest BCUT2D eigenvalue weighted by molar-refractivity contribution is 5.94. The molecule has 0 fully saturated rings. The first-order valence-electron chi connectivity index (χ1n) is 7.91. The van der Waals surface area contributed by atoms with Crippen molar-refractivity contribution in [2.24, 2.45) is 0 Å². The summed E-state index contributed by atoms with van der Waals surface area (Å²) >= 11 is 0. The van der Waals surface area contributed by atoms with Crippen LogP contribution < -0.4 is 5.32 Å². The monoisotopic (exact) mass is 340 g/mol. The molecule has 0 bridgehead atoms. The lowest BCUT2D eigenvalue weighted by Crippen LogP contribution is -2.22. The van der Waals surface area contributed by atoms with Crippen LogP contribution in [0.3, 0.4) is 0 Å². The number of nitrogens with one attached hydrogen (secondary N) is 1. The summed E-state index contributed by atoms with van der Waals surface area (Å²) in [7, 11) is 1.51. The number of methoxy groups -OCH3 is 1. The molecule has 3 aromatic rings. The van der Waals surface area contributed by atoms with Crippen LogP contribution in [-0.4, -0.2) is 28.0 Å². The maximum Gasteiger partial charge on any atom is 0.258 e. The molecule has 1 amide bonds. The lowest BCUT2D eigenvalue weighted by atomic mass is 10.1. The van der Waals surface area contributed by atoms with Crippen molar-refractivity contribution in [2.75, 3.05) is 12.4 Å². The third kappa shape index (κ3) is 3.77. The predicted octanol–water partition coefficient (Wildman–Crippen LogP) is 2.86. The number of nitrogens with zero attached hydrogens (tertiary/aromatic N) is 3. The molecule has 1 N–H and O–H groups in total. The molecular weight excluding hydrogens is 320 g/mol. The van der Waals surface area contributed by atoms with Crippen LogP contribution in [0.2, 0.25) is 0 Å². The fraction of sp³-hybridized carbons (Fsp3) is 0.278. The van der Waals surface area contributed by atoms with E-state index in [1.807, 2.05) is 44.2 Å². The van der Waals surface area contributed by atoms with Gasteiger partial charge in [0.15, 0.2) is 6.10 Å². The number of rotatable bonds is 6. The Morgan fingerprint density at radius 1 is 1.32 bits per heavy atom. The molecule has 0 aliphatic heterocycles. The van der Waals surface area contributed by atoms with E-state index in [1.54, 1.807) is 17.1 Å². The number of aromatic nitrogens is 3. The average molecular weight is 340 g/mol. The molecule has 7 heteroatoms. The first-order chi connectivity index (χ1) is 12.1. The number of carbonyl (C=O) groups excluding carboxylic acids is 1. The largest absolute Gasteiger partial charge is 0.367 e. The molecule has 130 valence electrons. The van der Waals surface area contributed by atoms with Crippen LogP contribution in [0.4, 0.5) is 5.69 Å². The number of amides is 1. The highest BCUT2D eigenvalue weighted by Crippen LogP contribution is 2.19. The van der Waals surface area contributed by atoms with Crippen molar-refractivity contribution in [3.63, 3.8) is 0 Å². The topological polar surface area (TPSA) is 82.2 Å². The third-order valence-corrected chi connectivity index (χ3v) is 3.98. The van der Waals surface area contributed by atoms with Crippen molar-refractivity contribution < 1.29 is 14.1 Å². The van der Waals surface area contributed by atoms with Crippen LogP contribution in [-0.2, 0) is 16.1 Å². The SMILES string of the molecule is COC(C(=O)Nc1cnn(Cc2c(C)noc2C)c1)c1ccccc1. The molecule has 0 saturated heterocycles. The lowest BCUT2D eigenvalue weighted by molar-refractivity contribution is -0.126. The van der Waals surface area contributed by atoms with E-state index in [2.05, 4.69) is 15.6 Å². The Bertz CT molecular complexity index is 835. The molecule has 0 aliphatic carbocycles. The summed E-state index contributed by atoms with van der Waals surface area (Å²) < 4.78 is 12.2. The highest BCUT2D eigenvalue weighted by Gasteiger charge is 2.20. The summed E-state index contributed by atoms with van der Waals surface area (Å²) in [6.07, 6.45) is 2.70. The fourth-order valence-corrected chi connectivity index (χ4v) is 2.63. The molecule has 2 aromatic heterocycles. The summed E-state index contributed by atoms with van der Waals surface area (Å²) in [6, 6.07) is 9.35. The van der Waals surface area contributed by atoms with Crippen molar-refractivity contribution in [1.29, 1.82) is 0 Å². The van der Waals surface area contributed by atoms with E-state index in [-0.39, 0.29) is 5.91 Å². The summed E-state index contributed by atoms with van der Waals surface area (Å²) in [5.74, 6) is 0.521. The normalized spacial score (nSPS) is 12.1. The molecule has 2 heterocycles. The molecule has 1 aromatic carbocycles. The van der Waals surface area contributed by atoms with Crippen LogP contribution in [0.25, 0.3) is 0 Å². The van der Waals surface area contributed by atoms with Crippen molar-refractivity contribution >= 4 is 11.6 Å². The fourth-order valence-electron chi connectivity index (χ4n) is 2.63. The Balaban J connectivity index is 1.69. The molecule has 0 saturated carbocycles. The minimum Gasteiger partial charge on any atom is -0.367 e. The summed E-state index contributed by atoms with van der Waals surface area (Å²) in [5.41, 5.74) is 3.22. The Kier molecular flexibility index (Phi) is 4.95. The van der Waals surface area contributed by atoms with Gasteiger partial charge in [-0.15, -0.1) is 0 Å². The second-order valence-electron chi connectivity index (χ2n) is 5.74. The van der Waals surface area contributed by atoms with Gasteiger partial charge in [-0.05, 0) is 19.4 Å². The van der Waals surface area contributed by atoms with Gasteiger partial charge < -0.3 is 14.6 Å². The standard InChI is InChI=1S/C18H20N4O3/c1-12-16(13(2)25-21-12)11-22-10-15(9-19-22)20-18(23)17(24-3)14-7-5-4-6-8-14/h4-10,17H,11H2,1-3H3,(H,20,23). The van der Waals surface area contributed by atoms with Gasteiger partial charge in [0.25, 0.3) is 5.91 Å². The Morgan fingerprint density at radius 3 is 2.72 bits per heavy atom. The van der Waals surface area contributed by atoms with Gasteiger partial charge in [-0.25, -0.2) is 0 Å². The molecule has 7 nitrogen and oxygen atoms in total. The van der Waals surface area contributed by atoms with E-state index in [4.69, 9.17) is 9.26 Å². The van der Waals surface area contributed by atoms with E-state index in [0.29, 0.717) is 12.2 Å². The van der Waals surface area contributed by atoms with Crippen molar-refractivity contribution in [3.8, 4) is 0 Å². The predicted molar refractivity (Wildman–Crippen MR) is 92.1 cm³/mol. The number of benzene rings is 1. The van der Waals surface area contributed by atoms with Gasteiger partial charge in [0.05, 0.1) is 24.1 Å². The van der Waals surface area contributed by atoms with Gasteiger partial charge in [0, 0.05) is 18.9 Å². The minimum absolute atomic E-state index is 0.245. The summed E-state index contributed by atoms with van der Waals surface area (Å²) in [6.45, 7) is 4.29. The van der Waals surface area contributed by atoms with Gasteiger partial charge >= 0.3 is 0 Å². The zero-order chi connectivity index (χ0) is 17.8. The van der Waals surface area contributed by atoms with Gasteiger partial charge in [0.1, 0.15) is 5.76 Å². The van der Waals surface area contributed by atoms with Crippen LogP contribution in [0.15, 0.2) is 47.2 Å². The maximum absolute atomic E-state index is 12.5. The van der Waals surface area contributed by atoms with Gasteiger partial charge in [-0.2, -0.15) is 5.10 Å². The molecular formula is C18H20N4O3. The van der Waals surface area contributed by atoms with E-state index in [1.165, 1.54) is 7.11 Å². The average Bonchev–Trinajstić information content (AvgIpc) is 3.18. The highest BCUT2D eigenvalue weighted by atomic mass is 16.5. The van der Waals surface area contributed by atoms with Gasteiger partial charge in [0.2, 0.25) is 0 Å². The number of anilines is 1. The Hall–Kier alpha value is -2.93. The van der Waals surface area contributed by atoms with E-state index < -0.39 is 6.10 Å². The Labute approximate surface area is 145 Å². The molecule has 0 spiro atoms. The molecule has 25 heavy (non-hydrogen) atoms. The summed E-state index contributed by atoms with van der Waals surface area (Å²) in [4.78, 5) is 12.5. The molecule has 0 aliphatic rings. The summed E-state index contributed by atoms with van der Waals surface area (Å²) in [5, 5.41) is 11.0. The number of ether oxygens (including phenoxy) is 1. The van der Waals surface area contributed by atoms with Crippen molar-refractivity contribution in [1.82, 2.24) is 14.9 Å². The van der Waals surface area contributed by atoms with Gasteiger partial charge in [-0.3, -0.25) is 9.48 Å². The third-order valence-electron chi connectivity index (χ3n) is 3.98. The molecule has 1 atom stereocenters. The van der Waals surface area contributed by atoms with Gasteiger partial charge in [-0.1, -0.05) is 35.5 Å². The molecule has 1 unspecified atom stereocenters. The van der Waals surface area contributed by atoms with E-state index >= 15 is 0 Å². The molecule has 0 radical (unpaired) electrons. The smallest absolute Gasteiger partial charge is 0.258 e. The van der Waals surface area contributed by atoms with Crippen LogP contribution in [0.1, 0.15) is 28.7 Å². The van der Waals surface area contributed by atoms with E-state index in [9.17, 15) is 4.79 Å². The van der Waals surface area contributed by atoms with Crippen molar-refractivity contribution in [2.45, 2.75) is 26.5 Å². The van der Waals surface area contributed by atoms with Crippen molar-refractivity contribution in [3.05, 3.63) is 65.3 Å². The zero-order valence-electron chi connectivity index (χ0n) is 14.4. The maximum atomic E-state index is 12.5. The number of aryl methyl sites for hydroxylation is 2. The first kappa shape index (κ1) is 16.9. The Morgan fingerprint density at radius 2 is 2.08 bits per heavy atom. The number of hydrogen-bond acceptors (Lipinski definition) is 5. The lowest BCUT2D eigenvalue weighted by Gasteiger charge is -2.14. The minimum atomic E-state index is -0.674. The van der Waals surface area contributed by atoms with Crippen LogP contribution in [0, 0.1) is 13.8 Å². The van der Waals surface area contributed by atoms with E-state index in [0.717, 1.165) is 22.6 Å². The van der Waals surface area contributed by atoms with Crippen LogP contribution in [0.5, 0.6) is 0 Å². The zero-order valence-corrected chi connectivity index (χ0v) is 14.4. The number of carbonyl (C=O) groups is 1. The second-order valence-corrected chi connectivity index (χ2v) is 5.74. The molecule has 3 rings (SSSR count). The number of hydrogen-bond donors (Lipinski definition) is 1. The first-order valence-corrected chi connectivity index (χ1v) is 7.91. The van der Waals surface area contributed by atoms with Crippen LogP contribution >= 0.6 is 0 Å².